The Kier molecular flexibility index (Phi) is 16.9. The topological polar surface area (TPSA) is 0 Å². The van der Waals surface area contributed by atoms with Gasteiger partial charge in [0.15, 0.2) is 0 Å². The van der Waals surface area contributed by atoms with Gasteiger partial charge in [-0.1, -0.05) is 34.6 Å². The molecule has 1 heteroatoms. The molecule has 0 N–H and O–H groups in total. The predicted molar refractivity (Wildman–Crippen MR) is 47.5 cm³/mol. The molecule has 0 nitrogen and oxygen atoms in total. The third-order valence-electron chi connectivity index (χ3n) is 0.613. The Morgan fingerprint density at radius 1 is 1.18 bits per heavy atom. The van der Waals surface area contributed by atoms with Gasteiger partial charge in [-0.3, -0.25) is 0 Å². The molecule has 0 unspecified atom stereocenters. The van der Waals surface area contributed by atoms with Gasteiger partial charge in [-0.15, -0.1) is 5.41 Å². The first-order valence-electron chi connectivity index (χ1n) is 3.71. The minimum atomic E-state index is 0. The van der Waals surface area contributed by atoms with Crippen LogP contribution in [0.3, 0.4) is 0 Å². The van der Waals surface area contributed by atoms with Gasteiger partial charge in [-0.05, 0) is 0 Å². The van der Waals surface area contributed by atoms with E-state index in [1.165, 1.54) is 6.08 Å². The van der Waals surface area contributed by atoms with Gasteiger partial charge in [-0.25, -0.2) is 0 Å². The van der Waals surface area contributed by atoms with E-state index in [1.807, 2.05) is 13.8 Å². The Morgan fingerprint density at radius 3 is 1.64 bits per heavy atom. The Hall–Kier alpha value is 0.584. The van der Waals surface area contributed by atoms with Gasteiger partial charge in [-0.2, -0.15) is 0 Å². The summed E-state index contributed by atoms with van der Waals surface area (Å²) in [4.78, 5) is 0. The van der Waals surface area contributed by atoms with Crippen LogP contribution in [-0.2, 0) is 32.7 Å². The van der Waals surface area contributed by atoms with Crippen molar-refractivity contribution in [3.8, 4) is 0 Å². The molecule has 0 aromatic heterocycles. The maximum Gasteiger partial charge on any atom is 0 e. The zero-order valence-electron chi connectivity index (χ0n) is 8.31. The molecule has 0 saturated carbocycles. The predicted octanol–water partition coefficient (Wildman–Crippen LogP) is 3.40. The van der Waals surface area contributed by atoms with Gasteiger partial charge in [0.25, 0.3) is 0 Å². The second-order valence-electron chi connectivity index (χ2n) is 2.75. The summed E-state index contributed by atoms with van der Waals surface area (Å²) in [6, 6.07) is 0. The second-order valence-corrected chi connectivity index (χ2v) is 2.75. The third-order valence-corrected chi connectivity index (χ3v) is 0.613. The van der Waals surface area contributed by atoms with Crippen molar-refractivity contribution in [2.24, 2.45) is 5.41 Å². The first-order chi connectivity index (χ1) is 4.56. The van der Waals surface area contributed by atoms with Crippen molar-refractivity contribution in [2.75, 3.05) is 0 Å². The Labute approximate surface area is 97.0 Å². The summed E-state index contributed by atoms with van der Waals surface area (Å²) in [5, 5.41) is 0. The van der Waals surface area contributed by atoms with Gasteiger partial charge < -0.3 is 24.8 Å². The summed E-state index contributed by atoms with van der Waals surface area (Å²) in [6.45, 7) is 15.3. The van der Waals surface area contributed by atoms with Gasteiger partial charge in [0.2, 0.25) is 0 Å². The molecule has 63 valence electrons. The zero-order valence-corrected chi connectivity index (χ0v) is 11.1. The normalized spacial score (nSPS) is 9.55. The minimum absolute atomic E-state index is 0. The van der Waals surface area contributed by atoms with E-state index in [1.54, 1.807) is 6.08 Å². The van der Waals surface area contributed by atoms with E-state index in [0.717, 1.165) is 0 Å². The van der Waals surface area contributed by atoms with Gasteiger partial charge >= 0.3 is 0 Å². The van der Waals surface area contributed by atoms with Crippen molar-refractivity contribution in [2.45, 2.75) is 34.6 Å². The van der Waals surface area contributed by atoms with Gasteiger partial charge in [0.05, 0.1) is 0 Å². The number of rotatable bonds is 1. The van der Waals surface area contributed by atoms with Crippen molar-refractivity contribution in [1.29, 1.82) is 0 Å². The Morgan fingerprint density at radius 2 is 1.55 bits per heavy atom. The van der Waals surface area contributed by atoms with E-state index in [9.17, 15) is 0 Å². The van der Waals surface area contributed by atoms with Crippen LogP contribution >= 0.6 is 0 Å². The molecule has 0 aliphatic rings. The van der Waals surface area contributed by atoms with Crippen LogP contribution in [0.15, 0.2) is 12.2 Å². The van der Waals surface area contributed by atoms with Crippen LogP contribution in [0.1, 0.15) is 34.6 Å². The maximum absolute atomic E-state index is 5.09. The molecule has 0 saturated heterocycles. The number of hydrogen-bond acceptors (Lipinski definition) is 0. The number of allylic oxidation sites excluding steroid dienone is 3. The van der Waals surface area contributed by atoms with Crippen LogP contribution in [0.25, 0.3) is 0 Å². The molecule has 11 heavy (non-hydrogen) atoms. The molecule has 1 radical (unpaired) electrons. The van der Waals surface area contributed by atoms with Crippen molar-refractivity contribution < 1.29 is 32.7 Å². The molecule has 0 bridgehead atoms. The Balaban J connectivity index is -0.000000196. The van der Waals surface area contributed by atoms with E-state index in [4.69, 9.17) is 6.58 Å². The molecule has 0 spiro atoms. The van der Waals surface area contributed by atoms with Crippen molar-refractivity contribution >= 4 is 0 Å². The molecule has 0 amide bonds. The minimum Gasteiger partial charge on any atom is -0.394 e. The van der Waals surface area contributed by atoms with Gasteiger partial charge in [0.1, 0.15) is 0 Å². The van der Waals surface area contributed by atoms with Crippen molar-refractivity contribution in [3.05, 3.63) is 24.8 Å². The molecule has 0 heterocycles. The molecular weight excluding hydrogens is 209 g/mol. The summed E-state index contributed by atoms with van der Waals surface area (Å²) in [5.41, 5.74) is 0.135. The van der Waals surface area contributed by atoms with Gasteiger partial charge in [0, 0.05) is 32.7 Å². The smallest absolute Gasteiger partial charge is 0 e. The van der Waals surface area contributed by atoms with Crippen molar-refractivity contribution in [3.63, 3.8) is 0 Å². The Bertz CT molecular complexity index is 95.9. The fourth-order valence-electron chi connectivity index (χ4n) is 0.298. The molecule has 0 fully saturated rings. The summed E-state index contributed by atoms with van der Waals surface area (Å²) in [6.07, 6.45) is 6.29. The third kappa shape index (κ3) is 25.0. The molecule has 0 aromatic carbocycles. The summed E-state index contributed by atoms with van der Waals surface area (Å²) < 4.78 is 0. The maximum atomic E-state index is 5.09. The quantitative estimate of drug-likeness (QED) is 0.475. The van der Waals surface area contributed by atoms with E-state index < -0.39 is 0 Å². The fraction of sp³-hybridized carbons (Fsp3) is 0.600. The number of hydrogen-bond donors (Lipinski definition) is 0. The molecule has 0 aliphatic heterocycles. The van der Waals surface area contributed by atoms with Crippen molar-refractivity contribution in [1.82, 2.24) is 0 Å². The SMILES string of the molecule is CC.[CH-]=CC=[C-]C(C)(C)C.[Y]. The molecular formula is C10H18Y-2. The van der Waals surface area contributed by atoms with Crippen LogP contribution < -0.4 is 0 Å². The standard InChI is InChI=1S/C8H12.C2H6.Y/c1-5-6-7-8(2,3)4;1-2;/h1,5-6H,2-4H3;1-2H3;/q-2;;. The van der Waals surface area contributed by atoms with E-state index >= 15 is 0 Å². The fourth-order valence-corrected chi connectivity index (χ4v) is 0.298. The summed E-state index contributed by atoms with van der Waals surface area (Å²) in [7, 11) is 0. The first-order valence-corrected chi connectivity index (χ1v) is 3.71. The van der Waals surface area contributed by atoms with Crippen LogP contribution in [0.4, 0.5) is 0 Å². The van der Waals surface area contributed by atoms with Crippen LogP contribution in [0, 0.1) is 18.1 Å². The van der Waals surface area contributed by atoms with E-state index in [-0.39, 0.29) is 38.1 Å². The first kappa shape index (κ1) is 17.6. The average molecular weight is 227 g/mol. The monoisotopic (exact) mass is 227 g/mol. The average Bonchev–Trinajstić information content (AvgIpc) is 1.87. The van der Waals surface area contributed by atoms with E-state index in [0.29, 0.717) is 0 Å². The molecule has 0 rings (SSSR count). The second kappa shape index (κ2) is 10.6. The van der Waals surface area contributed by atoms with Crippen LogP contribution in [-0.4, -0.2) is 0 Å². The molecule has 0 atom stereocenters. The molecule has 0 aromatic rings. The molecule has 0 aliphatic carbocycles. The largest absolute Gasteiger partial charge is 0.394 e. The van der Waals surface area contributed by atoms with Crippen LogP contribution in [0.5, 0.6) is 0 Å². The van der Waals surface area contributed by atoms with Crippen LogP contribution in [0.2, 0.25) is 0 Å². The summed E-state index contributed by atoms with van der Waals surface area (Å²) >= 11 is 0. The zero-order chi connectivity index (χ0) is 8.62. The summed E-state index contributed by atoms with van der Waals surface area (Å²) in [5.74, 6) is 0. The van der Waals surface area contributed by atoms with E-state index in [2.05, 4.69) is 26.8 Å².